The molecule has 0 aromatic heterocycles. The molecular weight excluding hydrogens is 546 g/mol. The molecule has 0 amide bonds. The summed E-state index contributed by atoms with van der Waals surface area (Å²) in [6.07, 6.45) is 3.20. The molecule has 0 aliphatic heterocycles. The van der Waals surface area contributed by atoms with Crippen molar-refractivity contribution in [1.29, 1.82) is 0 Å². The summed E-state index contributed by atoms with van der Waals surface area (Å²) >= 11 is 13.7. The maximum absolute atomic E-state index is 6.86. The minimum absolute atomic E-state index is 0.130. The number of unbranched alkanes of at least 4 members (excludes halogenated alkanes) is 1. The van der Waals surface area contributed by atoms with E-state index in [0.717, 1.165) is 64.8 Å². The van der Waals surface area contributed by atoms with Gasteiger partial charge in [0.2, 0.25) is 0 Å². The van der Waals surface area contributed by atoms with Gasteiger partial charge in [-0.2, -0.15) is 0 Å². The third-order valence-corrected chi connectivity index (χ3v) is 9.60. The van der Waals surface area contributed by atoms with Crippen molar-refractivity contribution in [3.8, 4) is 11.5 Å². The van der Waals surface area contributed by atoms with Gasteiger partial charge in [0.15, 0.2) is 0 Å². The normalized spacial score (nSPS) is 12.6. The fraction of sp³-hybridized carbons (Fsp3) is 0.625. The van der Waals surface area contributed by atoms with Gasteiger partial charge >= 0.3 is 0 Å². The van der Waals surface area contributed by atoms with Gasteiger partial charge in [0.25, 0.3) is 0 Å². The molecule has 4 nitrogen and oxygen atoms in total. The number of rotatable bonds is 13. The molecule has 2 aromatic carbocycles. The van der Waals surface area contributed by atoms with E-state index in [2.05, 4.69) is 111 Å². The molecule has 0 saturated carbocycles. The predicted octanol–water partition coefficient (Wildman–Crippen LogP) is 7.70. The molecule has 0 aliphatic rings. The molecular formula is C32H51Cl2N2O2P. The van der Waals surface area contributed by atoms with E-state index in [0.29, 0.717) is 13.2 Å². The zero-order valence-electron chi connectivity index (χ0n) is 26.2. The SMILES string of the molecule is CCCCP(c1cc(Cl)cc(C(C)(C)C)c1OCCN(C)C)c1cc(Cl)cc(C(C)(C)C)c1OCCN(C)C. The van der Waals surface area contributed by atoms with Crippen LogP contribution in [0.25, 0.3) is 0 Å². The second kappa shape index (κ2) is 14.7. The first kappa shape index (κ1) is 34.2. The van der Waals surface area contributed by atoms with E-state index >= 15 is 0 Å². The van der Waals surface area contributed by atoms with Crippen molar-refractivity contribution < 1.29 is 9.47 Å². The Bertz CT molecular complexity index is 994. The van der Waals surface area contributed by atoms with Crippen LogP contribution in [0.3, 0.4) is 0 Å². The van der Waals surface area contributed by atoms with Crippen molar-refractivity contribution in [2.45, 2.75) is 72.1 Å². The predicted molar refractivity (Wildman–Crippen MR) is 174 cm³/mol. The first-order valence-corrected chi connectivity index (χ1v) is 16.3. The summed E-state index contributed by atoms with van der Waals surface area (Å²) < 4.78 is 13.3. The lowest BCUT2D eigenvalue weighted by Crippen LogP contribution is -2.28. The van der Waals surface area contributed by atoms with Crippen LogP contribution in [-0.2, 0) is 10.8 Å². The number of hydrogen-bond donors (Lipinski definition) is 0. The van der Waals surface area contributed by atoms with Crippen LogP contribution in [0.5, 0.6) is 11.5 Å². The van der Waals surface area contributed by atoms with Gasteiger partial charge in [-0.3, -0.25) is 0 Å². The monoisotopic (exact) mass is 596 g/mol. The lowest BCUT2D eigenvalue weighted by Gasteiger charge is -2.32. The number of halogens is 2. The molecule has 2 rings (SSSR count). The van der Waals surface area contributed by atoms with Crippen molar-refractivity contribution in [3.05, 3.63) is 45.4 Å². The van der Waals surface area contributed by atoms with E-state index in [1.54, 1.807) is 0 Å². The Labute approximate surface area is 250 Å². The molecule has 0 saturated heterocycles. The molecule has 0 atom stereocenters. The second-order valence-electron chi connectivity index (χ2n) is 12.9. The van der Waals surface area contributed by atoms with Crippen LogP contribution in [0.15, 0.2) is 24.3 Å². The fourth-order valence-corrected chi connectivity index (χ4v) is 7.74. The van der Waals surface area contributed by atoms with Crippen molar-refractivity contribution in [2.24, 2.45) is 0 Å². The Balaban J connectivity index is 2.87. The summed E-state index contributed by atoms with van der Waals surface area (Å²) in [6.45, 7) is 18.5. The molecule has 0 heterocycles. The molecule has 0 bridgehead atoms. The lowest BCUT2D eigenvalue weighted by molar-refractivity contribution is 0.258. The third-order valence-electron chi connectivity index (χ3n) is 6.57. The number of ether oxygens (including phenoxy) is 2. The van der Waals surface area contributed by atoms with E-state index in [1.807, 2.05) is 0 Å². The Morgan fingerprint density at radius 2 is 1.08 bits per heavy atom. The second-order valence-corrected chi connectivity index (χ2v) is 16.1. The minimum Gasteiger partial charge on any atom is -0.491 e. The number of likely N-dealkylation sites (N-methyl/N-ethyl adjacent to an activating group) is 2. The Morgan fingerprint density at radius 3 is 1.38 bits per heavy atom. The molecule has 0 N–H and O–H groups in total. The van der Waals surface area contributed by atoms with Gasteiger partial charge in [0, 0.05) is 44.9 Å². The first-order valence-electron chi connectivity index (χ1n) is 14.1. The molecule has 39 heavy (non-hydrogen) atoms. The Kier molecular flexibility index (Phi) is 12.9. The van der Waals surface area contributed by atoms with Crippen molar-refractivity contribution in [1.82, 2.24) is 9.80 Å². The van der Waals surface area contributed by atoms with E-state index in [1.165, 1.54) is 10.6 Å². The van der Waals surface area contributed by atoms with Crippen molar-refractivity contribution in [3.63, 3.8) is 0 Å². The zero-order chi connectivity index (χ0) is 29.5. The lowest BCUT2D eigenvalue weighted by atomic mass is 9.86. The third kappa shape index (κ3) is 10.1. The Hall–Kier alpha value is -1.03. The highest BCUT2D eigenvalue weighted by atomic mass is 35.5. The molecule has 0 fully saturated rings. The largest absolute Gasteiger partial charge is 0.491 e. The van der Waals surface area contributed by atoms with Gasteiger partial charge in [0.05, 0.1) is 0 Å². The first-order chi connectivity index (χ1) is 18.1. The summed E-state index contributed by atoms with van der Waals surface area (Å²) in [6, 6.07) is 8.42. The standard InChI is InChI=1S/C32H51Cl2N2O2P/c1-12-13-18-39(27-21-23(33)19-25(31(2,3)4)29(27)37-16-14-35(8)9)28-22-24(34)20-26(32(5,6)7)30(28)38-17-15-36(10)11/h19-22H,12-18H2,1-11H3. The van der Waals surface area contributed by atoms with Crippen LogP contribution in [-0.4, -0.2) is 70.5 Å². The van der Waals surface area contributed by atoms with Crippen LogP contribution in [0.2, 0.25) is 10.0 Å². The number of hydrogen-bond acceptors (Lipinski definition) is 4. The van der Waals surface area contributed by atoms with E-state index in [-0.39, 0.29) is 10.8 Å². The maximum Gasteiger partial charge on any atom is 0.131 e. The maximum atomic E-state index is 6.86. The fourth-order valence-electron chi connectivity index (χ4n) is 4.32. The van der Waals surface area contributed by atoms with Crippen LogP contribution in [0, 0.1) is 0 Å². The highest BCUT2D eigenvalue weighted by molar-refractivity contribution is 7.73. The van der Waals surface area contributed by atoms with Gasteiger partial charge in [-0.1, -0.05) is 78.1 Å². The molecule has 220 valence electrons. The smallest absolute Gasteiger partial charge is 0.131 e. The van der Waals surface area contributed by atoms with Crippen molar-refractivity contribution >= 4 is 41.7 Å². The summed E-state index contributed by atoms with van der Waals surface area (Å²) in [7, 11) is 7.42. The van der Waals surface area contributed by atoms with Gasteiger partial charge in [0.1, 0.15) is 24.7 Å². The van der Waals surface area contributed by atoms with E-state index in [9.17, 15) is 0 Å². The minimum atomic E-state index is -0.867. The molecule has 0 unspecified atom stereocenters. The molecule has 2 aromatic rings. The molecule has 0 aliphatic carbocycles. The molecule has 7 heteroatoms. The number of benzene rings is 2. The summed E-state index contributed by atoms with van der Waals surface area (Å²) in [4.78, 5) is 4.30. The van der Waals surface area contributed by atoms with Gasteiger partial charge in [-0.05, 0) is 83.8 Å². The van der Waals surface area contributed by atoms with E-state index in [4.69, 9.17) is 32.7 Å². The average Bonchev–Trinajstić information content (AvgIpc) is 2.79. The van der Waals surface area contributed by atoms with Gasteiger partial charge in [-0.15, -0.1) is 0 Å². The quantitative estimate of drug-likeness (QED) is 0.221. The highest BCUT2D eigenvalue weighted by Crippen LogP contribution is 2.47. The topological polar surface area (TPSA) is 24.9 Å². The van der Waals surface area contributed by atoms with Crippen LogP contribution < -0.4 is 20.1 Å². The molecule has 0 radical (unpaired) electrons. The van der Waals surface area contributed by atoms with Gasteiger partial charge < -0.3 is 19.3 Å². The van der Waals surface area contributed by atoms with Gasteiger partial charge in [-0.25, -0.2) is 0 Å². The average molecular weight is 598 g/mol. The van der Waals surface area contributed by atoms with Crippen LogP contribution >= 0.6 is 31.1 Å². The van der Waals surface area contributed by atoms with Crippen LogP contribution in [0.1, 0.15) is 72.4 Å². The summed E-state index contributed by atoms with van der Waals surface area (Å²) in [5.74, 6) is 1.93. The summed E-state index contributed by atoms with van der Waals surface area (Å²) in [5.41, 5.74) is 2.02. The Morgan fingerprint density at radius 1 is 0.692 bits per heavy atom. The number of nitrogens with zero attached hydrogens (tertiary/aromatic N) is 2. The zero-order valence-corrected chi connectivity index (χ0v) is 28.6. The van der Waals surface area contributed by atoms with E-state index < -0.39 is 7.92 Å². The molecule has 0 spiro atoms. The summed E-state index contributed by atoms with van der Waals surface area (Å²) in [5, 5.41) is 3.84. The van der Waals surface area contributed by atoms with Crippen molar-refractivity contribution in [2.75, 3.05) is 60.7 Å². The highest BCUT2D eigenvalue weighted by Gasteiger charge is 2.31. The van der Waals surface area contributed by atoms with Crippen LogP contribution in [0.4, 0.5) is 0 Å².